The highest BCUT2D eigenvalue weighted by atomic mass is 16.5. The van der Waals surface area contributed by atoms with Crippen LogP contribution in [0.5, 0.6) is 5.75 Å². The lowest BCUT2D eigenvalue weighted by molar-refractivity contribution is -0.161. The molecule has 112 valence electrons. The molecule has 2 aliphatic heterocycles. The van der Waals surface area contributed by atoms with Crippen molar-refractivity contribution in [3.05, 3.63) is 29.8 Å². The largest absolute Gasteiger partial charge is 0.492 e. The maximum absolute atomic E-state index is 12.6. The molecule has 0 saturated carbocycles. The first-order valence-electron chi connectivity index (χ1n) is 6.98. The zero-order valence-electron chi connectivity index (χ0n) is 11.5. The number of nitrogens with zero attached hydrogens (tertiary/aromatic N) is 1. The van der Waals surface area contributed by atoms with Gasteiger partial charge in [0, 0.05) is 6.54 Å². The fraction of sp³-hybridized carbons (Fsp3) is 0.467. The van der Waals surface area contributed by atoms with Gasteiger partial charge in [0.15, 0.2) is 6.04 Å². The summed E-state index contributed by atoms with van der Waals surface area (Å²) in [6.45, 7) is 1.03. The van der Waals surface area contributed by atoms with Gasteiger partial charge in [0.05, 0.1) is 19.1 Å². The molecule has 0 aromatic heterocycles. The first-order valence-corrected chi connectivity index (χ1v) is 6.98. The molecule has 6 heteroatoms. The van der Waals surface area contributed by atoms with E-state index >= 15 is 0 Å². The molecule has 0 aliphatic carbocycles. The van der Waals surface area contributed by atoms with E-state index < -0.39 is 12.0 Å². The maximum Gasteiger partial charge on any atom is 0.328 e. The van der Waals surface area contributed by atoms with E-state index in [2.05, 4.69) is 0 Å². The third-order valence-electron chi connectivity index (χ3n) is 3.92. The summed E-state index contributed by atoms with van der Waals surface area (Å²) >= 11 is 0. The van der Waals surface area contributed by atoms with Crippen LogP contribution in [0.25, 0.3) is 0 Å². The van der Waals surface area contributed by atoms with Crippen LogP contribution in [-0.4, -0.2) is 54.3 Å². The molecule has 2 atom stereocenters. The molecule has 2 heterocycles. The van der Waals surface area contributed by atoms with E-state index in [1.807, 2.05) is 24.3 Å². The molecule has 0 radical (unpaired) electrons. The highest BCUT2D eigenvalue weighted by molar-refractivity contribution is 5.86. The van der Waals surface area contributed by atoms with E-state index in [-0.39, 0.29) is 18.4 Å². The summed E-state index contributed by atoms with van der Waals surface area (Å²) in [6, 6.07) is 6.71. The van der Waals surface area contributed by atoms with Crippen molar-refractivity contribution >= 4 is 11.9 Å². The fourth-order valence-electron chi connectivity index (χ4n) is 2.79. The lowest BCUT2D eigenvalue weighted by atomic mass is 9.95. The number of carbonyl (C=O) groups is 2. The SMILES string of the molecule is O=C(O)[C@@H]1COCCN1C(=O)[C@@H]1COc2ccccc2C1. The minimum atomic E-state index is -1.03. The van der Waals surface area contributed by atoms with Crippen LogP contribution < -0.4 is 4.74 Å². The van der Waals surface area contributed by atoms with Crippen molar-refractivity contribution in [3.63, 3.8) is 0 Å². The predicted octanol–water partition coefficient (Wildman–Crippen LogP) is 0.550. The van der Waals surface area contributed by atoms with Gasteiger partial charge in [0.25, 0.3) is 0 Å². The monoisotopic (exact) mass is 291 g/mol. The van der Waals surface area contributed by atoms with Crippen LogP contribution in [-0.2, 0) is 20.7 Å². The molecule has 1 N–H and O–H groups in total. The molecule has 1 amide bonds. The van der Waals surface area contributed by atoms with Crippen LogP contribution >= 0.6 is 0 Å². The maximum atomic E-state index is 12.6. The first-order chi connectivity index (χ1) is 10.2. The lowest BCUT2D eigenvalue weighted by Gasteiger charge is -2.36. The molecular formula is C15H17NO5. The predicted molar refractivity (Wildman–Crippen MR) is 73.1 cm³/mol. The normalized spacial score (nSPS) is 24.9. The minimum Gasteiger partial charge on any atom is -0.492 e. The molecule has 2 aliphatic rings. The molecule has 0 unspecified atom stereocenters. The van der Waals surface area contributed by atoms with Crippen molar-refractivity contribution in [2.75, 3.05) is 26.4 Å². The van der Waals surface area contributed by atoms with Crippen LogP contribution in [0, 0.1) is 5.92 Å². The first kappa shape index (κ1) is 13.9. The average molecular weight is 291 g/mol. The summed E-state index contributed by atoms with van der Waals surface area (Å²) in [5.41, 5.74) is 0.988. The van der Waals surface area contributed by atoms with Gasteiger partial charge in [0.2, 0.25) is 5.91 Å². The van der Waals surface area contributed by atoms with E-state index in [1.165, 1.54) is 4.90 Å². The van der Waals surface area contributed by atoms with E-state index in [0.29, 0.717) is 26.2 Å². The number of morpholine rings is 1. The fourth-order valence-corrected chi connectivity index (χ4v) is 2.79. The molecule has 6 nitrogen and oxygen atoms in total. The van der Waals surface area contributed by atoms with Gasteiger partial charge in [-0.2, -0.15) is 0 Å². The zero-order chi connectivity index (χ0) is 14.8. The number of ether oxygens (including phenoxy) is 2. The zero-order valence-corrected chi connectivity index (χ0v) is 11.5. The lowest BCUT2D eigenvalue weighted by Crippen LogP contribution is -2.55. The number of carbonyl (C=O) groups excluding carboxylic acids is 1. The number of benzene rings is 1. The van der Waals surface area contributed by atoms with E-state index in [1.54, 1.807) is 0 Å². The van der Waals surface area contributed by atoms with Crippen LogP contribution in [0.1, 0.15) is 5.56 Å². The average Bonchev–Trinajstić information content (AvgIpc) is 2.53. The second kappa shape index (κ2) is 5.73. The van der Waals surface area contributed by atoms with E-state index in [0.717, 1.165) is 11.3 Å². The van der Waals surface area contributed by atoms with E-state index in [9.17, 15) is 14.7 Å². The number of fused-ring (bicyclic) bond motifs is 1. The van der Waals surface area contributed by atoms with Gasteiger partial charge in [-0.05, 0) is 18.1 Å². The Morgan fingerprint density at radius 3 is 2.86 bits per heavy atom. The number of hydrogen-bond acceptors (Lipinski definition) is 4. The van der Waals surface area contributed by atoms with Gasteiger partial charge in [-0.3, -0.25) is 4.79 Å². The number of aliphatic carboxylic acids is 1. The van der Waals surface area contributed by atoms with Crippen molar-refractivity contribution in [2.45, 2.75) is 12.5 Å². The highest BCUT2D eigenvalue weighted by Gasteiger charge is 2.37. The van der Waals surface area contributed by atoms with E-state index in [4.69, 9.17) is 9.47 Å². The Labute approximate surface area is 122 Å². The number of carboxylic acids is 1. The standard InChI is InChI=1S/C15H17NO5/c17-14(16-5-6-20-9-12(16)15(18)19)11-7-10-3-1-2-4-13(10)21-8-11/h1-4,11-12H,5-9H2,(H,18,19)/t11-,12-/m0/s1. The third-order valence-corrected chi connectivity index (χ3v) is 3.92. The molecule has 21 heavy (non-hydrogen) atoms. The Bertz CT molecular complexity index is 559. The van der Waals surface area contributed by atoms with Gasteiger partial charge in [0.1, 0.15) is 12.4 Å². The smallest absolute Gasteiger partial charge is 0.328 e. The molecule has 1 aromatic carbocycles. The molecule has 1 saturated heterocycles. The number of amides is 1. The molecule has 3 rings (SSSR count). The number of hydrogen-bond donors (Lipinski definition) is 1. The van der Waals surface area contributed by atoms with Crippen LogP contribution in [0.3, 0.4) is 0 Å². The van der Waals surface area contributed by atoms with Gasteiger partial charge in [-0.25, -0.2) is 4.79 Å². The van der Waals surface area contributed by atoms with Crippen LogP contribution in [0.2, 0.25) is 0 Å². The Kier molecular flexibility index (Phi) is 3.79. The van der Waals surface area contributed by atoms with Gasteiger partial charge >= 0.3 is 5.97 Å². The Hall–Kier alpha value is -2.08. The van der Waals surface area contributed by atoms with Crippen LogP contribution in [0.15, 0.2) is 24.3 Å². The number of carboxylic acid groups (broad SMARTS) is 1. The van der Waals surface area contributed by atoms with Crippen molar-refractivity contribution in [1.82, 2.24) is 4.90 Å². The Morgan fingerprint density at radius 2 is 2.05 bits per heavy atom. The molecular weight excluding hydrogens is 274 g/mol. The second-order valence-corrected chi connectivity index (χ2v) is 5.28. The minimum absolute atomic E-state index is 0.0469. The molecule has 1 aromatic rings. The van der Waals surface area contributed by atoms with Gasteiger partial charge in [-0.1, -0.05) is 18.2 Å². The van der Waals surface area contributed by atoms with Crippen LogP contribution in [0.4, 0.5) is 0 Å². The Balaban J connectivity index is 1.75. The second-order valence-electron chi connectivity index (χ2n) is 5.28. The van der Waals surface area contributed by atoms with Crippen molar-refractivity contribution < 1.29 is 24.2 Å². The van der Waals surface area contributed by atoms with Crippen molar-refractivity contribution in [3.8, 4) is 5.75 Å². The summed E-state index contributed by atoms with van der Waals surface area (Å²) < 4.78 is 10.8. The quantitative estimate of drug-likeness (QED) is 0.861. The summed E-state index contributed by atoms with van der Waals surface area (Å²) in [4.78, 5) is 25.3. The molecule has 0 bridgehead atoms. The topological polar surface area (TPSA) is 76.1 Å². The van der Waals surface area contributed by atoms with Gasteiger partial charge < -0.3 is 19.5 Å². The number of para-hydroxylation sites is 1. The molecule has 0 spiro atoms. The highest BCUT2D eigenvalue weighted by Crippen LogP contribution is 2.28. The molecule has 1 fully saturated rings. The third kappa shape index (κ3) is 2.71. The van der Waals surface area contributed by atoms with Crippen molar-refractivity contribution in [2.24, 2.45) is 5.92 Å². The summed E-state index contributed by atoms with van der Waals surface area (Å²) in [6.07, 6.45) is 0.582. The van der Waals surface area contributed by atoms with Gasteiger partial charge in [-0.15, -0.1) is 0 Å². The van der Waals surface area contributed by atoms with Crippen molar-refractivity contribution in [1.29, 1.82) is 0 Å². The summed E-state index contributed by atoms with van der Waals surface area (Å²) in [7, 11) is 0. The summed E-state index contributed by atoms with van der Waals surface area (Å²) in [5, 5.41) is 9.21. The number of rotatable bonds is 2. The Morgan fingerprint density at radius 1 is 1.24 bits per heavy atom. The summed E-state index contributed by atoms with van der Waals surface area (Å²) in [5.74, 6) is -0.724.